The lowest BCUT2D eigenvalue weighted by Crippen LogP contribution is -2.40. The van der Waals surface area contributed by atoms with E-state index in [1.165, 1.54) is 13.8 Å². The molecule has 3 aromatic rings. The van der Waals surface area contributed by atoms with E-state index in [9.17, 15) is 19.2 Å². The van der Waals surface area contributed by atoms with Crippen LogP contribution in [0.2, 0.25) is 0 Å². The number of aryl methyl sites for hydroxylation is 2. The summed E-state index contributed by atoms with van der Waals surface area (Å²) in [5.74, 6) is -0.990. The van der Waals surface area contributed by atoms with Crippen molar-refractivity contribution in [2.75, 3.05) is 5.32 Å². The van der Waals surface area contributed by atoms with Crippen LogP contribution in [0.4, 0.5) is 5.82 Å². The van der Waals surface area contributed by atoms with Crippen LogP contribution in [0.5, 0.6) is 0 Å². The quantitative estimate of drug-likeness (QED) is 0.454. The van der Waals surface area contributed by atoms with E-state index >= 15 is 0 Å². The molecule has 0 aliphatic carbocycles. The zero-order valence-electron chi connectivity index (χ0n) is 17.6. The Kier molecular flexibility index (Phi) is 6.37. The van der Waals surface area contributed by atoms with Crippen molar-refractivity contribution in [2.45, 2.75) is 52.6 Å². The zero-order valence-corrected chi connectivity index (χ0v) is 17.6. The van der Waals surface area contributed by atoms with Crippen molar-refractivity contribution in [3.05, 3.63) is 26.9 Å². The van der Waals surface area contributed by atoms with Gasteiger partial charge in [0.25, 0.3) is 5.56 Å². The minimum Gasteiger partial charge on any atom is -0.481 e. The molecule has 0 bridgehead atoms. The summed E-state index contributed by atoms with van der Waals surface area (Å²) in [6, 6.07) is 1.56. The summed E-state index contributed by atoms with van der Waals surface area (Å²) in [5, 5.41) is 15.4. The van der Waals surface area contributed by atoms with Gasteiger partial charge < -0.3 is 15.4 Å². The Morgan fingerprint density at radius 1 is 1.13 bits per heavy atom. The molecule has 0 spiro atoms. The van der Waals surface area contributed by atoms with E-state index in [0.717, 1.165) is 0 Å². The van der Waals surface area contributed by atoms with Crippen LogP contribution in [-0.4, -0.2) is 45.9 Å². The summed E-state index contributed by atoms with van der Waals surface area (Å²) in [4.78, 5) is 55.6. The third kappa shape index (κ3) is 4.42. The third-order valence-corrected chi connectivity index (χ3v) is 4.71. The molecule has 0 atom stereocenters. The number of carbonyl (C=O) groups is 2. The molecule has 0 aliphatic heterocycles. The van der Waals surface area contributed by atoms with Crippen LogP contribution in [0.1, 0.15) is 39.5 Å². The fourth-order valence-corrected chi connectivity index (χ4v) is 3.31. The molecular formula is C19H25N7O5. The summed E-state index contributed by atoms with van der Waals surface area (Å²) in [5.41, 5.74) is 0.159. The Labute approximate surface area is 176 Å². The number of imidazole rings is 1. The maximum atomic E-state index is 12.9. The zero-order chi connectivity index (χ0) is 22.7. The molecule has 166 valence electrons. The highest BCUT2D eigenvalue weighted by molar-refractivity contribution is 5.92. The Bertz CT molecular complexity index is 1250. The van der Waals surface area contributed by atoms with Gasteiger partial charge in [0, 0.05) is 32.6 Å². The van der Waals surface area contributed by atoms with Gasteiger partial charge in [-0.25, -0.2) is 9.78 Å². The largest absolute Gasteiger partial charge is 0.481 e. The summed E-state index contributed by atoms with van der Waals surface area (Å²) >= 11 is 0. The van der Waals surface area contributed by atoms with Crippen molar-refractivity contribution in [1.29, 1.82) is 0 Å². The Morgan fingerprint density at radius 2 is 1.81 bits per heavy atom. The third-order valence-electron chi connectivity index (χ3n) is 4.71. The topological polar surface area (TPSA) is 157 Å². The van der Waals surface area contributed by atoms with Crippen molar-refractivity contribution in [3.63, 3.8) is 0 Å². The predicted molar refractivity (Wildman–Crippen MR) is 113 cm³/mol. The monoisotopic (exact) mass is 431 g/mol. The van der Waals surface area contributed by atoms with Crippen LogP contribution >= 0.6 is 0 Å². The lowest BCUT2D eigenvalue weighted by Gasteiger charge is -2.09. The number of hydrogen-bond acceptors (Lipinski definition) is 6. The van der Waals surface area contributed by atoms with E-state index in [-0.39, 0.29) is 29.8 Å². The summed E-state index contributed by atoms with van der Waals surface area (Å²) in [6.07, 6.45) is 0.875. The molecule has 3 aromatic heterocycles. The number of carboxylic acids is 1. The Morgan fingerprint density at radius 3 is 2.45 bits per heavy atom. The van der Waals surface area contributed by atoms with Crippen LogP contribution in [0.25, 0.3) is 22.7 Å². The second-order valence-corrected chi connectivity index (χ2v) is 7.16. The number of aromatic nitrogens is 6. The number of nitrogens with one attached hydrogen (secondary N) is 2. The highest BCUT2D eigenvalue weighted by Crippen LogP contribution is 2.21. The number of anilines is 1. The van der Waals surface area contributed by atoms with Gasteiger partial charge in [-0.3, -0.25) is 28.2 Å². The van der Waals surface area contributed by atoms with Gasteiger partial charge in [0.05, 0.1) is 6.42 Å². The van der Waals surface area contributed by atoms with Crippen LogP contribution in [0, 0.1) is 0 Å². The van der Waals surface area contributed by atoms with Crippen LogP contribution in [0.3, 0.4) is 0 Å². The number of carboxylic acid groups (broad SMARTS) is 1. The average molecular weight is 431 g/mol. The van der Waals surface area contributed by atoms with Crippen molar-refractivity contribution in [2.24, 2.45) is 7.05 Å². The molecule has 0 aromatic carbocycles. The number of carbonyl (C=O) groups excluding carboxylic acids is 1. The van der Waals surface area contributed by atoms with Gasteiger partial charge in [0.1, 0.15) is 11.2 Å². The fraction of sp³-hybridized carbons (Fsp3) is 0.474. The van der Waals surface area contributed by atoms with E-state index in [1.807, 2.05) is 13.8 Å². The van der Waals surface area contributed by atoms with Gasteiger partial charge in [-0.15, -0.1) is 0 Å². The smallest absolute Gasteiger partial charge is 0.332 e. The number of hydrogen-bond donors (Lipinski definition) is 3. The maximum Gasteiger partial charge on any atom is 0.332 e. The molecule has 0 saturated carbocycles. The first-order valence-electron chi connectivity index (χ1n) is 10.1. The van der Waals surface area contributed by atoms with E-state index in [0.29, 0.717) is 37.4 Å². The lowest BCUT2D eigenvalue weighted by atomic mass is 10.3. The van der Waals surface area contributed by atoms with Gasteiger partial charge in [-0.05, 0) is 12.8 Å². The predicted octanol–water partition coefficient (Wildman–Crippen LogP) is 0.910. The van der Waals surface area contributed by atoms with Crippen molar-refractivity contribution >= 4 is 28.9 Å². The molecular weight excluding hydrogens is 406 g/mol. The maximum absolute atomic E-state index is 12.9. The van der Waals surface area contributed by atoms with Gasteiger partial charge in [-0.1, -0.05) is 13.8 Å². The van der Waals surface area contributed by atoms with E-state index in [2.05, 4.69) is 20.4 Å². The van der Waals surface area contributed by atoms with Gasteiger partial charge in [0.2, 0.25) is 5.91 Å². The Hall–Kier alpha value is -3.70. The highest BCUT2D eigenvalue weighted by Gasteiger charge is 2.19. The molecule has 3 rings (SSSR count). The standard InChI is InChI=1S/C19H25N7O5/c1-4-8-25-17-15(18(30)26(9-5-2)19(25)31)21-16(22-17)11-10-12(23-24(11)3)20-13(27)6-7-14(28)29/h10H,4-9H2,1-3H3,(H,21,22)(H,28,29)(H,20,23,27). The first-order valence-corrected chi connectivity index (χ1v) is 10.1. The minimum absolute atomic E-state index is 0.174. The fourth-order valence-electron chi connectivity index (χ4n) is 3.31. The molecule has 3 heterocycles. The van der Waals surface area contributed by atoms with Crippen LogP contribution in [-0.2, 0) is 29.7 Å². The normalized spacial score (nSPS) is 11.2. The number of aromatic amines is 1. The van der Waals surface area contributed by atoms with E-state index in [1.54, 1.807) is 13.1 Å². The molecule has 31 heavy (non-hydrogen) atoms. The molecule has 0 saturated heterocycles. The molecule has 12 nitrogen and oxygen atoms in total. The minimum atomic E-state index is -1.06. The molecule has 1 amide bonds. The van der Waals surface area contributed by atoms with Gasteiger partial charge >= 0.3 is 11.7 Å². The highest BCUT2D eigenvalue weighted by atomic mass is 16.4. The summed E-state index contributed by atoms with van der Waals surface area (Å²) in [6.45, 7) is 4.55. The van der Waals surface area contributed by atoms with Crippen LogP contribution < -0.4 is 16.6 Å². The van der Waals surface area contributed by atoms with Crippen molar-refractivity contribution in [1.82, 2.24) is 28.9 Å². The molecule has 0 fully saturated rings. The number of H-pyrrole nitrogens is 1. The van der Waals surface area contributed by atoms with Crippen molar-refractivity contribution < 1.29 is 14.7 Å². The number of amides is 1. The Balaban J connectivity index is 2.03. The van der Waals surface area contributed by atoms with Gasteiger partial charge in [0.15, 0.2) is 17.3 Å². The molecule has 0 aliphatic rings. The molecule has 0 unspecified atom stereocenters. The average Bonchev–Trinajstić information content (AvgIpc) is 3.30. The first kappa shape index (κ1) is 22.0. The van der Waals surface area contributed by atoms with Gasteiger partial charge in [-0.2, -0.15) is 5.10 Å². The number of aliphatic carboxylic acids is 1. The van der Waals surface area contributed by atoms with Crippen LogP contribution in [0.15, 0.2) is 15.7 Å². The summed E-state index contributed by atoms with van der Waals surface area (Å²) in [7, 11) is 1.64. The molecule has 3 N–H and O–H groups in total. The lowest BCUT2D eigenvalue weighted by molar-refractivity contribution is -0.138. The number of fused-ring (bicyclic) bond motifs is 1. The van der Waals surface area contributed by atoms with E-state index in [4.69, 9.17) is 5.11 Å². The molecule has 0 radical (unpaired) electrons. The summed E-state index contributed by atoms with van der Waals surface area (Å²) < 4.78 is 4.16. The second-order valence-electron chi connectivity index (χ2n) is 7.16. The van der Waals surface area contributed by atoms with E-state index < -0.39 is 23.1 Å². The number of nitrogens with zero attached hydrogens (tertiary/aromatic N) is 5. The SMILES string of the molecule is CCCn1c(=O)c2[nH]c(-c3cc(NC(=O)CCC(=O)O)nn3C)nc2n(CCC)c1=O. The van der Waals surface area contributed by atoms with Crippen molar-refractivity contribution in [3.8, 4) is 11.5 Å². The molecule has 12 heteroatoms. The second kappa shape index (κ2) is 8.98. The number of rotatable bonds is 9. The first-order chi connectivity index (χ1) is 14.8.